The zero-order valence-corrected chi connectivity index (χ0v) is 9.27. The van der Waals surface area contributed by atoms with Gasteiger partial charge in [0.05, 0.1) is 0 Å². The first-order valence-electron chi connectivity index (χ1n) is 3.66. The molecule has 0 aliphatic rings. The van der Waals surface area contributed by atoms with E-state index >= 15 is 0 Å². The Hall–Kier alpha value is -0.260. The fourth-order valence-electron chi connectivity index (χ4n) is 0.534. The van der Waals surface area contributed by atoms with Gasteiger partial charge in [0.2, 0.25) is 0 Å². The van der Waals surface area contributed by atoms with E-state index < -0.39 is 6.49 Å². The Bertz CT molecular complexity index is 244. The molecule has 0 N–H and O–H groups in total. The average Bonchev–Trinajstić information content (AvgIpc) is 1.85. The van der Waals surface area contributed by atoms with Gasteiger partial charge < -0.3 is 4.57 Å². The Kier molecular flexibility index (Phi) is 5.28. The van der Waals surface area contributed by atoms with Crippen molar-refractivity contribution < 1.29 is 4.57 Å². The number of benzene rings is 1. The van der Waals surface area contributed by atoms with Crippen molar-refractivity contribution in [3.8, 4) is 0 Å². The molecule has 68 valence electrons. The lowest BCUT2D eigenvalue weighted by Gasteiger charge is -1.82. The molecule has 0 heterocycles. The summed E-state index contributed by atoms with van der Waals surface area (Å²) in [5.41, 5.74) is 1.32. The van der Waals surface area contributed by atoms with Crippen molar-refractivity contribution in [2.75, 3.05) is 13.3 Å². The molecule has 1 aromatic rings. The van der Waals surface area contributed by atoms with Crippen molar-refractivity contribution in [2.45, 2.75) is 6.92 Å². The van der Waals surface area contributed by atoms with E-state index in [1.165, 1.54) is 18.9 Å². The van der Waals surface area contributed by atoms with E-state index in [0.29, 0.717) is 0 Å². The molecule has 0 atom stereocenters. The first-order valence-corrected chi connectivity index (χ1v) is 7.16. The van der Waals surface area contributed by atoms with Gasteiger partial charge in [-0.2, -0.15) is 0 Å². The second-order valence-electron chi connectivity index (χ2n) is 2.87. The molecule has 0 aliphatic carbocycles. The fraction of sp³-hybridized carbons (Fsp3) is 0.333. The lowest BCUT2D eigenvalue weighted by Crippen LogP contribution is -1.62. The van der Waals surface area contributed by atoms with Gasteiger partial charge in [-0.05, 0) is 6.92 Å². The molecule has 0 amide bonds. The molecule has 0 fully saturated rings. The summed E-state index contributed by atoms with van der Waals surface area (Å²) >= 11 is 5.09. The van der Waals surface area contributed by atoms with Crippen LogP contribution in [-0.2, 0) is 4.57 Å². The molecule has 0 radical (unpaired) electrons. The molecular weight excluding hydrogens is 191 g/mol. The number of hydrogen-bond donors (Lipinski definition) is 0. The van der Waals surface area contributed by atoms with Gasteiger partial charge in [-0.15, -0.1) is 0 Å². The molecule has 1 rings (SSSR count). The number of halogens is 1. The normalized spacial score (nSPS) is 10.0. The molecule has 0 aliphatic heterocycles. The Morgan fingerprint density at radius 1 is 1.17 bits per heavy atom. The molecule has 0 aromatic heterocycles. The van der Waals surface area contributed by atoms with E-state index in [1.54, 1.807) is 0 Å². The van der Waals surface area contributed by atoms with Crippen molar-refractivity contribution in [1.29, 1.82) is 0 Å². The molecule has 0 saturated heterocycles. The number of aryl methyl sites for hydroxylation is 1. The summed E-state index contributed by atoms with van der Waals surface area (Å²) < 4.78 is 9.98. The van der Waals surface area contributed by atoms with Crippen LogP contribution in [0, 0.1) is 6.92 Å². The Morgan fingerprint density at radius 3 is 1.67 bits per heavy atom. The van der Waals surface area contributed by atoms with E-state index in [0.717, 1.165) is 0 Å². The second kappa shape index (κ2) is 5.40. The van der Waals surface area contributed by atoms with Gasteiger partial charge in [0.1, 0.15) is 0 Å². The summed E-state index contributed by atoms with van der Waals surface area (Å²) in [6.45, 7) is 2.93. The highest BCUT2D eigenvalue weighted by Gasteiger charge is 1.93. The zero-order valence-electron chi connectivity index (χ0n) is 7.62. The topological polar surface area (TPSA) is 17.1 Å². The first-order chi connectivity index (χ1) is 5.39. The highest BCUT2D eigenvalue weighted by molar-refractivity contribution is 7.88. The van der Waals surface area contributed by atoms with Gasteiger partial charge >= 0.3 is 0 Å². The summed E-state index contributed by atoms with van der Waals surface area (Å²) in [4.78, 5) is 0. The van der Waals surface area contributed by atoms with Crippen LogP contribution in [-0.4, -0.2) is 13.3 Å². The molecule has 1 aromatic carbocycles. The van der Waals surface area contributed by atoms with Crippen molar-refractivity contribution >= 4 is 17.7 Å². The predicted octanol–water partition coefficient (Wildman–Crippen LogP) is 3.76. The molecular formula is C9H14ClOP. The predicted molar refractivity (Wildman–Crippen MR) is 56.5 cm³/mol. The van der Waals surface area contributed by atoms with Gasteiger partial charge in [-0.25, -0.2) is 0 Å². The van der Waals surface area contributed by atoms with Crippen molar-refractivity contribution in [2.24, 2.45) is 0 Å². The quantitative estimate of drug-likeness (QED) is 0.588. The molecule has 0 spiro atoms. The maximum absolute atomic E-state index is 9.98. The van der Waals surface area contributed by atoms with Gasteiger partial charge in [0.15, 0.2) is 6.49 Å². The molecule has 1 nitrogen and oxygen atoms in total. The molecule has 12 heavy (non-hydrogen) atoms. The summed E-state index contributed by atoms with van der Waals surface area (Å²) in [5, 5.41) is 0. The van der Waals surface area contributed by atoms with Crippen molar-refractivity contribution in [3.05, 3.63) is 35.9 Å². The summed E-state index contributed by atoms with van der Waals surface area (Å²) in [7, 11) is 0. The van der Waals surface area contributed by atoms with Crippen LogP contribution in [0.15, 0.2) is 30.3 Å². The average molecular weight is 205 g/mol. The van der Waals surface area contributed by atoms with Crippen molar-refractivity contribution in [1.82, 2.24) is 0 Å². The Labute approximate surface area is 78.9 Å². The van der Waals surface area contributed by atoms with E-state index in [4.69, 9.17) is 11.2 Å². The number of rotatable bonds is 0. The maximum Gasteiger partial charge on any atom is 0.163 e. The third-order valence-electron chi connectivity index (χ3n) is 0.940. The SMILES string of the molecule is CP(C)(=O)Cl.Cc1ccccc1. The van der Waals surface area contributed by atoms with Crippen LogP contribution in [0.1, 0.15) is 5.56 Å². The van der Waals surface area contributed by atoms with Crippen LogP contribution in [0.25, 0.3) is 0 Å². The highest BCUT2D eigenvalue weighted by atomic mass is 35.7. The van der Waals surface area contributed by atoms with E-state index in [-0.39, 0.29) is 0 Å². The van der Waals surface area contributed by atoms with Gasteiger partial charge in [-0.1, -0.05) is 47.1 Å². The smallest absolute Gasteiger partial charge is 0.163 e. The Balaban J connectivity index is 0.000000217. The number of hydrogen-bond acceptors (Lipinski definition) is 1. The highest BCUT2D eigenvalue weighted by Crippen LogP contribution is 2.41. The standard InChI is InChI=1S/C7H8.C2H6ClOP/c1-7-5-3-2-4-6-7;1-5(2,3)4/h2-6H,1H3;1-2H3. The minimum atomic E-state index is -2.17. The molecule has 3 heteroatoms. The third kappa shape index (κ3) is 12.4. The maximum atomic E-state index is 9.98. The lowest BCUT2D eigenvalue weighted by molar-refractivity contribution is 0.591. The summed E-state index contributed by atoms with van der Waals surface area (Å²) in [5.74, 6) is 0. The molecule has 0 saturated carbocycles. The minimum absolute atomic E-state index is 1.32. The van der Waals surface area contributed by atoms with Crippen LogP contribution in [0.5, 0.6) is 0 Å². The fourth-order valence-corrected chi connectivity index (χ4v) is 0.534. The largest absolute Gasteiger partial charge is 0.307 e. The first kappa shape index (κ1) is 11.7. The summed E-state index contributed by atoms with van der Waals surface area (Å²) in [6, 6.07) is 10.3. The molecule has 0 bridgehead atoms. The second-order valence-corrected chi connectivity index (χ2v) is 7.76. The summed E-state index contributed by atoms with van der Waals surface area (Å²) in [6.07, 6.45) is 0. The van der Waals surface area contributed by atoms with E-state index in [2.05, 4.69) is 19.1 Å². The van der Waals surface area contributed by atoms with Crippen molar-refractivity contribution in [3.63, 3.8) is 0 Å². The van der Waals surface area contributed by atoms with Crippen LogP contribution in [0.2, 0.25) is 0 Å². The monoisotopic (exact) mass is 204 g/mol. The molecule has 0 unspecified atom stereocenters. The van der Waals surface area contributed by atoms with Crippen LogP contribution < -0.4 is 0 Å². The van der Waals surface area contributed by atoms with Gasteiger partial charge in [0.25, 0.3) is 0 Å². The Morgan fingerprint density at radius 2 is 1.50 bits per heavy atom. The van der Waals surface area contributed by atoms with Gasteiger partial charge in [-0.3, -0.25) is 0 Å². The van der Waals surface area contributed by atoms with Crippen LogP contribution in [0.4, 0.5) is 0 Å². The van der Waals surface area contributed by atoms with E-state index in [1.807, 2.05) is 18.2 Å². The lowest BCUT2D eigenvalue weighted by atomic mass is 10.2. The van der Waals surface area contributed by atoms with E-state index in [9.17, 15) is 4.57 Å². The van der Waals surface area contributed by atoms with Gasteiger partial charge in [0, 0.05) is 13.3 Å². The van der Waals surface area contributed by atoms with Crippen LogP contribution in [0.3, 0.4) is 0 Å². The third-order valence-corrected chi connectivity index (χ3v) is 0.940. The zero-order chi connectivity index (χ0) is 9.61. The van der Waals surface area contributed by atoms with Crippen LogP contribution >= 0.6 is 17.7 Å². The minimum Gasteiger partial charge on any atom is -0.307 e.